The van der Waals surface area contributed by atoms with Gasteiger partial charge in [0.1, 0.15) is 10.8 Å². The average Bonchev–Trinajstić information content (AvgIpc) is 2.24. The molecular formula is C11H14Cl2OS. The van der Waals surface area contributed by atoms with Gasteiger partial charge in [0.2, 0.25) is 0 Å². The molecule has 15 heavy (non-hydrogen) atoms. The molecule has 4 heteroatoms. The molecule has 0 saturated carbocycles. The first-order chi connectivity index (χ1) is 7.25. The van der Waals surface area contributed by atoms with Gasteiger partial charge in [0.15, 0.2) is 0 Å². The summed E-state index contributed by atoms with van der Waals surface area (Å²) in [5, 5.41) is 1.03. The molecule has 0 spiro atoms. The maximum Gasteiger partial charge on any atom is 0.139 e. The van der Waals surface area contributed by atoms with Crippen molar-refractivity contribution in [2.75, 3.05) is 12.4 Å². The van der Waals surface area contributed by atoms with Crippen LogP contribution in [0.3, 0.4) is 0 Å². The lowest BCUT2D eigenvalue weighted by atomic mass is 10.2. The topological polar surface area (TPSA) is 9.23 Å². The molecule has 0 amide bonds. The fourth-order valence-electron chi connectivity index (χ4n) is 1.17. The van der Waals surface area contributed by atoms with Gasteiger partial charge < -0.3 is 4.74 Å². The highest BCUT2D eigenvalue weighted by atomic mass is 35.5. The molecule has 0 N–H and O–H groups in total. The van der Waals surface area contributed by atoms with E-state index in [1.807, 2.05) is 12.1 Å². The van der Waals surface area contributed by atoms with Gasteiger partial charge in [-0.15, -0.1) is 0 Å². The quantitative estimate of drug-likeness (QED) is 0.589. The highest BCUT2D eigenvalue weighted by Gasteiger charge is 2.04. The summed E-state index contributed by atoms with van der Waals surface area (Å²) < 4.78 is 5.52. The van der Waals surface area contributed by atoms with Gasteiger partial charge in [-0.2, -0.15) is 12.6 Å². The minimum absolute atomic E-state index is 0.494. The second kappa shape index (κ2) is 7.26. The van der Waals surface area contributed by atoms with Crippen LogP contribution in [-0.4, -0.2) is 12.4 Å². The minimum Gasteiger partial charge on any atom is -0.492 e. The van der Waals surface area contributed by atoms with E-state index in [9.17, 15) is 0 Å². The first kappa shape index (κ1) is 13.0. The Bertz CT molecular complexity index is 305. The van der Waals surface area contributed by atoms with Crippen molar-refractivity contribution in [1.82, 2.24) is 0 Å². The number of thiol groups is 1. The zero-order valence-corrected chi connectivity index (χ0v) is 10.8. The van der Waals surface area contributed by atoms with E-state index in [0.717, 1.165) is 25.0 Å². The van der Waals surface area contributed by atoms with E-state index in [-0.39, 0.29) is 0 Å². The van der Waals surface area contributed by atoms with E-state index >= 15 is 0 Å². The molecular weight excluding hydrogens is 251 g/mol. The van der Waals surface area contributed by atoms with E-state index < -0.39 is 0 Å². The van der Waals surface area contributed by atoms with Crippen LogP contribution in [0.1, 0.15) is 19.3 Å². The van der Waals surface area contributed by atoms with Crippen LogP contribution in [-0.2, 0) is 0 Å². The zero-order chi connectivity index (χ0) is 11.1. The van der Waals surface area contributed by atoms with Crippen LogP contribution in [0, 0.1) is 0 Å². The van der Waals surface area contributed by atoms with E-state index in [4.69, 9.17) is 27.9 Å². The Morgan fingerprint density at radius 3 is 2.67 bits per heavy atom. The highest BCUT2D eigenvalue weighted by Crippen LogP contribution is 2.31. The molecule has 1 aromatic rings. The van der Waals surface area contributed by atoms with Crippen molar-refractivity contribution in [3.8, 4) is 5.75 Å². The maximum absolute atomic E-state index is 5.96. The van der Waals surface area contributed by atoms with Crippen molar-refractivity contribution in [3.05, 3.63) is 28.2 Å². The van der Waals surface area contributed by atoms with Gasteiger partial charge in [0.25, 0.3) is 0 Å². The van der Waals surface area contributed by atoms with Crippen LogP contribution >= 0.6 is 35.8 Å². The molecule has 0 fully saturated rings. The third kappa shape index (κ3) is 4.54. The lowest BCUT2D eigenvalue weighted by Gasteiger charge is -2.08. The van der Waals surface area contributed by atoms with Gasteiger partial charge in [0.05, 0.1) is 11.6 Å². The first-order valence-electron chi connectivity index (χ1n) is 4.93. The molecule has 0 aliphatic heterocycles. The Labute approximate surface area is 106 Å². The van der Waals surface area contributed by atoms with Crippen LogP contribution in [0.5, 0.6) is 5.75 Å². The van der Waals surface area contributed by atoms with Crippen molar-refractivity contribution >= 4 is 35.8 Å². The zero-order valence-electron chi connectivity index (χ0n) is 8.38. The van der Waals surface area contributed by atoms with Crippen molar-refractivity contribution < 1.29 is 4.74 Å². The Morgan fingerprint density at radius 2 is 1.93 bits per heavy atom. The first-order valence-corrected chi connectivity index (χ1v) is 6.32. The molecule has 1 nitrogen and oxygen atoms in total. The third-order valence-electron chi connectivity index (χ3n) is 1.98. The Hall–Kier alpha value is -0.0500. The molecule has 84 valence electrons. The summed E-state index contributed by atoms with van der Waals surface area (Å²) in [6.07, 6.45) is 3.26. The largest absolute Gasteiger partial charge is 0.492 e. The fourth-order valence-corrected chi connectivity index (χ4v) is 1.74. The molecule has 0 unspecified atom stereocenters. The summed E-state index contributed by atoms with van der Waals surface area (Å²) in [6, 6.07) is 5.40. The summed E-state index contributed by atoms with van der Waals surface area (Å²) >= 11 is 16.0. The van der Waals surface area contributed by atoms with Crippen molar-refractivity contribution in [3.63, 3.8) is 0 Å². The molecule has 0 saturated heterocycles. The average molecular weight is 265 g/mol. The molecule has 1 aromatic carbocycles. The number of unbranched alkanes of at least 4 members (excludes halogenated alkanes) is 2. The number of ether oxygens (including phenoxy) is 1. The van der Waals surface area contributed by atoms with Crippen LogP contribution in [0.15, 0.2) is 18.2 Å². The molecule has 1 rings (SSSR count). The lowest BCUT2D eigenvalue weighted by Crippen LogP contribution is -1.98. The molecule has 0 bridgehead atoms. The van der Waals surface area contributed by atoms with Crippen molar-refractivity contribution in [2.45, 2.75) is 19.3 Å². The van der Waals surface area contributed by atoms with E-state index in [1.54, 1.807) is 6.07 Å². The molecule has 0 radical (unpaired) electrons. The summed E-state index contributed by atoms with van der Waals surface area (Å²) in [7, 11) is 0. The Morgan fingerprint density at radius 1 is 1.13 bits per heavy atom. The second-order valence-corrected chi connectivity index (χ2v) is 4.42. The summed E-state index contributed by atoms with van der Waals surface area (Å²) in [4.78, 5) is 0. The van der Waals surface area contributed by atoms with E-state index in [1.165, 1.54) is 0 Å². The molecule has 0 atom stereocenters. The second-order valence-electron chi connectivity index (χ2n) is 3.18. The number of hydrogen-bond acceptors (Lipinski definition) is 2. The Kier molecular flexibility index (Phi) is 6.30. The fraction of sp³-hybridized carbons (Fsp3) is 0.455. The number of benzene rings is 1. The van der Waals surface area contributed by atoms with Crippen LogP contribution in [0.4, 0.5) is 0 Å². The predicted molar refractivity (Wildman–Crippen MR) is 69.7 cm³/mol. The third-order valence-corrected chi connectivity index (χ3v) is 3.09. The number of hydrogen-bond donors (Lipinski definition) is 1. The normalized spacial score (nSPS) is 10.3. The standard InChI is InChI=1S/C11H14Cl2OS/c12-9-5-4-6-10(11(9)13)14-7-2-1-3-8-15/h4-6,15H,1-3,7-8H2. The molecule has 0 aromatic heterocycles. The predicted octanol–water partition coefficient (Wildman–Crippen LogP) is 4.47. The van der Waals surface area contributed by atoms with Gasteiger partial charge in [-0.05, 0) is 37.1 Å². The number of rotatable bonds is 6. The van der Waals surface area contributed by atoms with Crippen molar-refractivity contribution in [2.24, 2.45) is 0 Å². The van der Waals surface area contributed by atoms with Crippen LogP contribution in [0.25, 0.3) is 0 Å². The highest BCUT2D eigenvalue weighted by molar-refractivity contribution is 7.80. The maximum atomic E-state index is 5.96. The summed E-state index contributed by atoms with van der Waals surface area (Å²) in [5.74, 6) is 1.59. The molecule has 0 aliphatic carbocycles. The smallest absolute Gasteiger partial charge is 0.139 e. The Balaban J connectivity index is 2.34. The van der Waals surface area contributed by atoms with Gasteiger partial charge in [-0.25, -0.2) is 0 Å². The van der Waals surface area contributed by atoms with E-state index in [0.29, 0.717) is 22.4 Å². The van der Waals surface area contributed by atoms with Crippen LogP contribution < -0.4 is 4.74 Å². The SMILES string of the molecule is SCCCCCOc1cccc(Cl)c1Cl. The van der Waals surface area contributed by atoms with Gasteiger partial charge in [-0.3, -0.25) is 0 Å². The van der Waals surface area contributed by atoms with Crippen molar-refractivity contribution in [1.29, 1.82) is 0 Å². The summed E-state index contributed by atoms with van der Waals surface area (Å²) in [6.45, 7) is 0.674. The molecule has 0 aliphatic rings. The van der Waals surface area contributed by atoms with Gasteiger partial charge >= 0.3 is 0 Å². The van der Waals surface area contributed by atoms with Gasteiger partial charge in [0, 0.05) is 0 Å². The summed E-state index contributed by atoms with van der Waals surface area (Å²) in [5.41, 5.74) is 0. The monoisotopic (exact) mass is 264 g/mol. The number of halogens is 2. The lowest BCUT2D eigenvalue weighted by molar-refractivity contribution is 0.306. The van der Waals surface area contributed by atoms with Crippen LogP contribution in [0.2, 0.25) is 10.0 Å². The minimum atomic E-state index is 0.494. The van der Waals surface area contributed by atoms with Gasteiger partial charge in [-0.1, -0.05) is 29.3 Å². The molecule has 0 heterocycles. The van der Waals surface area contributed by atoms with E-state index in [2.05, 4.69) is 12.6 Å².